The van der Waals surface area contributed by atoms with Gasteiger partial charge in [-0.1, -0.05) is 12.1 Å². The third kappa shape index (κ3) is 3.59. The summed E-state index contributed by atoms with van der Waals surface area (Å²) in [7, 11) is 0. The fourth-order valence-electron chi connectivity index (χ4n) is 3.76. The van der Waals surface area contributed by atoms with E-state index in [1.807, 2.05) is 13.8 Å². The van der Waals surface area contributed by atoms with Gasteiger partial charge in [0.25, 0.3) is 5.69 Å². The lowest BCUT2D eigenvalue weighted by atomic mass is 9.78. The number of nitro groups is 1. The van der Waals surface area contributed by atoms with Crippen LogP contribution in [0.5, 0.6) is 0 Å². The van der Waals surface area contributed by atoms with Crippen molar-refractivity contribution in [1.29, 1.82) is 0 Å². The second-order valence-corrected chi connectivity index (χ2v) is 7.13. The second-order valence-electron chi connectivity index (χ2n) is 7.13. The van der Waals surface area contributed by atoms with E-state index in [1.165, 1.54) is 18.2 Å². The van der Waals surface area contributed by atoms with E-state index in [0.717, 1.165) is 0 Å². The summed E-state index contributed by atoms with van der Waals surface area (Å²) in [4.78, 5) is 36.6. The number of benzene rings is 1. The number of β-lactam (4-membered cyclic amide) rings is 1. The average molecular weight is 378 g/mol. The quantitative estimate of drug-likeness (QED) is 0.335. The Labute approximate surface area is 156 Å². The Morgan fingerprint density at radius 2 is 2.15 bits per heavy atom. The maximum absolute atomic E-state index is 12.5. The van der Waals surface area contributed by atoms with Crippen LogP contribution in [0.25, 0.3) is 0 Å². The lowest BCUT2D eigenvalue weighted by Crippen LogP contribution is -2.73. The van der Waals surface area contributed by atoms with Gasteiger partial charge in [-0.3, -0.25) is 14.9 Å². The molecule has 0 radical (unpaired) electrons. The molecule has 2 heterocycles. The summed E-state index contributed by atoms with van der Waals surface area (Å²) in [5, 5.41) is 11.0. The van der Waals surface area contributed by atoms with Crippen molar-refractivity contribution in [2.45, 2.75) is 51.7 Å². The molecule has 9 nitrogen and oxygen atoms in total. The molecule has 146 valence electrons. The number of carbonyl (C=O) groups is 2. The monoisotopic (exact) mass is 378 g/mol. The van der Waals surface area contributed by atoms with Crippen molar-refractivity contribution < 1.29 is 28.7 Å². The SMILES string of the molecule is C[C@@H](OC(=O)OCc1ccccc1[N+](=O)[O-])[C@@H]1C(=O)N2C1CCOC2(C)C. The number of nitro benzene ring substituents is 1. The fourth-order valence-corrected chi connectivity index (χ4v) is 3.76. The molecule has 0 bridgehead atoms. The molecule has 2 saturated heterocycles. The van der Waals surface area contributed by atoms with E-state index in [2.05, 4.69) is 0 Å². The number of rotatable bonds is 5. The maximum atomic E-state index is 12.5. The number of para-hydroxylation sites is 1. The number of hydrogen-bond acceptors (Lipinski definition) is 7. The first-order chi connectivity index (χ1) is 12.7. The largest absolute Gasteiger partial charge is 0.508 e. The van der Waals surface area contributed by atoms with Crippen LogP contribution in [0.4, 0.5) is 10.5 Å². The van der Waals surface area contributed by atoms with Crippen molar-refractivity contribution in [3.05, 3.63) is 39.9 Å². The van der Waals surface area contributed by atoms with Crippen molar-refractivity contribution >= 4 is 17.7 Å². The van der Waals surface area contributed by atoms with Gasteiger partial charge in [0.2, 0.25) is 5.91 Å². The number of nitrogens with zero attached hydrogens (tertiary/aromatic N) is 2. The van der Waals surface area contributed by atoms with Gasteiger partial charge in [0.15, 0.2) is 0 Å². The van der Waals surface area contributed by atoms with Crippen molar-refractivity contribution in [2.75, 3.05) is 6.61 Å². The minimum atomic E-state index is -0.960. The molecule has 2 fully saturated rings. The standard InChI is InChI=1S/C18H22N2O7/c1-11(15-14-8-9-26-18(2,3)19(14)16(15)21)27-17(22)25-10-12-6-4-5-7-13(12)20(23)24/h4-7,11,14-15H,8-10H2,1-3H3/t11-,14?,15+/m1/s1. The predicted molar refractivity (Wildman–Crippen MR) is 92.6 cm³/mol. The van der Waals surface area contributed by atoms with Crippen LogP contribution in [0, 0.1) is 16.0 Å². The van der Waals surface area contributed by atoms with Crippen LogP contribution in [0.3, 0.4) is 0 Å². The molecule has 27 heavy (non-hydrogen) atoms. The number of ether oxygens (including phenoxy) is 3. The van der Waals surface area contributed by atoms with Crippen LogP contribution >= 0.6 is 0 Å². The van der Waals surface area contributed by atoms with Crippen LogP contribution in [0.15, 0.2) is 24.3 Å². The van der Waals surface area contributed by atoms with E-state index < -0.39 is 28.8 Å². The average Bonchev–Trinajstić information content (AvgIpc) is 2.58. The van der Waals surface area contributed by atoms with Gasteiger partial charge < -0.3 is 19.1 Å². The van der Waals surface area contributed by atoms with Crippen LogP contribution in [-0.2, 0) is 25.6 Å². The number of fused-ring (bicyclic) bond motifs is 1. The molecule has 0 N–H and O–H groups in total. The first-order valence-electron chi connectivity index (χ1n) is 8.75. The number of carbonyl (C=O) groups excluding carboxylic acids is 2. The van der Waals surface area contributed by atoms with E-state index >= 15 is 0 Å². The third-order valence-electron chi connectivity index (χ3n) is 5.04. The Bertz CT molecular complexity index is 764. The van der Waals surface area contributed by atoms with Crippen LogP contribution in [0.1, 0.15) is 32.8 Å². The van der Waals surface area contributed by atoms with Gasteiger partial charge in [0, 0.05) is 6.07 Å². The van der Waals surface area contributed by atoms with Gasteiger partial charge in [0.05, 0.1) is 29.1 Å². The van der Waals surface area contributed by atoms with E-state index in [0.29, 0.717) is 13.0 Å². The Morgan fingerprint density at radius 3 is 2.85 bits per heavy atom. The van der Waals surface area contributed by atoms with E-state index in [-0.39, 0.29) is 29.8 Å². The first-order valence-corrected chi connectivity index (χ1v) is 8.75. The highest BCUT2D eigenvalue weighted by atomic mass is 16.7. The van der Waals surface area contributed by atoms with E-state index in [9.17, 15) is 19.7 Å². The zero-order valence-corrected chi connectivity index (χ0v) is 15.4. The van der Waals surface area contributed by atoms with E-state index in [1.54, 1.807) is 17.9 Å². The number of amides is 1. The predicted octanol–water partition coefficient (Wildman–Crippen LogP) is 2.62. The van der Waals surface area contributed by atoms with Gasteiger partial charge in [-0.15, -0.1) is 0 Å². The Morgan fingerprint density at radius 1 is 1.44 bits per heavy atom. The number of hydrogen-bond donors (Lipinski definition) is 0. The Balaban J connectivity index is 1.56. The van der Waals surface area contributed by atoms with Crippen LogP contribution in [0.2, 0.25) is 0 Å². The van der Waals surface area contributed by atoms with Gasteiger partial charge in [-0.2, -0.15) is 0 Å². The highest BCUT2D eigenvalue weighted by Crippen LogP contribution is 2.42. The molecule has 0 aliphatic carbocycles. The summed E-state index contributed by atoms with van der Waals surface area (Å²) in [6.45, 7) is 5.57. The van der Waals surface area contributed by atoms with E-state index in [4.69, 9.17) is 14.2 Å². The molecule has 0 spiro atoms. The molecule has 1 amide bonds. The molecule has 1 aromatic carbocycles. The lowest BCUT2D eigenvalue weighted by molar-refractivity contribution is -0.385. The summed E-state index contributed by atoms with van der Waals surface area (Å²) in [6, 6.07) is 5.95. The summed E-state index contributed by atoms with van der Waals surface area (Å²) < 4.78 is 15.9. The molecule has 3 atom stereocenters. The zero-order valence-electron chi connectivity index (χ0n) is 15.4. The molecule has 2 aliphatic rings. The topological polar surface area (TPSA) is 108 Å². The smallest absolute Gasteiger partial charge is 0.430 e. The molecule has 9 heteroatoms. The normalized spacial score (nSPS) is 24.4. The highest BCUT2D eigenvalue weighted by molar-refractivity contribution is 5.87. The lowest BCUT2D eigenvalue weighted by Gasteiger charge is -2.58. The molecule has 1 aromatic rings. The van der Waals surface area contributed by atoms with Gasteiger partial charge in [0.1, 0.15) is 18.4 Å². The zero-order chi connectivity index (χ0) is 19.8. The summed E-state index contributed by atoms with van der Waals surface area (Å²) in [5.74, 6) is -0.560. The molecule has 1 unspecified atom stereocenters. The van der Waals surface area contributed by atoms with Gasteiger partial charge in [-0.25, -0.2) is 4.79 Å². The Hall–Kier alpha value is -2.68. The molecular formula is C18H22N2O7. The minimum Gasteiger partial charge on any atom is -0.430 e. The summed E-state index contributed by atoms with van der Waals surface area (Å²) in [6.07, 6.45) is -0.942. The van der Waals surface area contributed by atoms with Crippen molar-refractivity contribution in [2.24, 2.45) is 5.92 Å². The molecule has 3 rings (SSSR count). The Kier molecular flexibility index (Phi) is 5.05. The first kappa shape index (κ1) is 19.1. The molecular weight excluding hydrogens is 356 g/mol. The van der Waals surface area contributed by atoms with Gasteiger partial charge >= 0.3 is 6.16 Å². The molecule has 0 aromatic heterocycles. The molecule has 0 saturated carbocycles. The minimum absolute atomic E-state index is 0.0424. The molecule has 2 aliphatic heterocycles. The second kappa shape index (κ2) is 7.15. The fraction of sp³-hybridized carbons (Fsp3) is 0.556. The van der Waals surface area contributed by atoms with Crippen molar-refractivity contribution in [3.63, 3.8) is 0 Å². The summed E-state index contributed by atoms with van der Waals surface area (Å²) in [5.41, 5.74) is -0.528. The van der Waals surface area contributed by atoms with Crippen molar-refractivity contribution in [1.82, 2.24) is 4.90 Å². The third-order valence-corrected chi connectivity index (χ3v) is 5.04. The highest BCUT2D eigenvalue weighted by Gasteiger charge is 2.58. The van der Waals surface area contributed by atoms with Crippen LogP contribution < -0.4 is 0 Å². The van der Waals surface area contributed by atoms with Crippen molar-refractivity contribution in [3.8, 4) is 0 Å². The maximum Gasteiger partial charge on any atom is 0.508 e. The van der Waals surface area contributed by atoms with Gasteiger partial charge in [-0.05, 0) is 33.3 Å². The summed E-state index contributed by atoms with van der Waals surface area (Å²) >= 11 is 0. The van der Waals surface area contributed by atoms with Crippen LogP contribution in [-0.4, -0.2) is 46.4 Å².